The zero-order valence-corrected chi connectivity index (χ0v) is 16.6. The third-order valence-electron chi connectivity index (χ3n) is 3.74. The highest BCUT2D eigenvalue weighted by molar-refractivity contribution is 5.73. The fourth-order valence-corrected chi connectivity index (χ4v) is 2.25. The van der Waals surface area contributed by atoms with Crippen molar-refractivity contribution >= 4 is 11.9 Å². The van der Waals surface area contributed by atoms with E-state index in [0.717, 1.165) is 38.2 Å². The number of ether oxygens (including phenoxy) is 1. The summed E-state index contributed by atoms with van der Waals surface area (Å²) in [6, 6.07) is 8.27. The number of aryl methyl sites for hydroxylation is 1. The number of benzene rings is 1. The minimum Gasteiger partial charge on any atom is -0.494 e. The summed E-state index contributed by atoms with van der Waals surface area (Å²) in [4.78, 5) is 19.3. The average Bonchev–Trinajstić information content (AvgIpc) is 2.64. The van der Waals surface area contributed by atoms with Crippen molar-refractivity contribution in [3.8, 4) is 5.75 Å². The van der Waals surface area contributed by atoms with Crippen molar-refractivity contribution in [2.45, 2.75) is 58.0 Å². The van der Waals surface area contributed by atoms with E-state index in [4.69, 9.17) is 19.7 Å². The van der Waals surface area contributed by atoms with E-state index < -0.39 is 18.1 Å². The Morgan fingerprint density at radius 3 is 2.34 bits per heavy atom. The Bertz CT molecular complexity index is 594. The lowest BCUT2D eigenvalue weighted by Crippen LogP contribution is -2.21. The molecule has 6 nitrogen and oxygen atoms in total. The topological polar surface area (TPSA) is 95.9 Å². The summed E-state index contributed by atoms with van der Waals surface area (Å²) >= 11 is 0. The maximum absolute atomic E-state index is 10.6. The Morgan fingerprint density at radius 2 is 1.76 bits per heavy atom. The Balaban J connectivity index is 0.000000956. The van der Waals surface area contributed by atoms with Crippen LogP contribution in [0, 0.1) is 0 Å². The molecule has 1 aromatic rings. The van der Waals surface area contributed by atoms with Crippen LogP contribution in [0.2, 0.25) is 0 Å². The molecule has 1 aromatic carbocycles. The minimum atomic E-state index is -5.08. The van der Waals surface area contributed by atoms with Crippen LogP contribution < -0.4 is 10.1 Å². The summed E-state index contributed by atoms with van der Waals surface area (Å²) in [5, 5.41) is 18.8. The Kier molecular flexibility index (Phi) is 14.4. The molecule has 0 aliphatic rings. The first-order valence-corrected chi connectivity index (χ1v) is 9.61. The van der Waals surface area contributed by atoms with Gasteiger partial charge in [0.2, 0.25) is 0 Å². The maximum atomic E-state index is 10.6. The highest BCUT2D eigenvalue weighted by atomic mass is 19.4. The second kappa shape index (κ2) is 15.6. The van der Waals surface area contributed by atoms with Gasteiger partial charge in [-0.3, -0.25) is 4.79 Å². The monoisotopic (exact) mass is 421 g/mol. The van der Waals surface area contributed by atoms with Gasteiger partial charge < -0.3 is 20.3 Å². The number of nitrogens with one attached hydrogen (secondary N) is 1. The van der Waals surface area contributed by atoms with Crippen LogP contribution in [-0.2, 0) is 16.0 Å². The molecule has 0 radical (unpaired) electrons. The molecule has 0 atom stereocenters. The fraction of sp³-hybridized carbons (Fsp3) is 0.600. The lowest BCUT2D eigenvalue weighted by Gasteiger charge is -2.08. The van der Waals surface area contributed by atoms with Crippen LogP contribution in [0.1, 0.15) is 51.0 Å². The van der Waals surface area contributed by atoms with Gasteiger partial charge >= 0.3 is 18.1 Å². The summed E-state index contributed by atoms with van der Waals surface area (Å²) in [5.74, 6) is -2.56. The number of hydrogen-bond acceptors (Lipinski definition) is 4. The van der Waals surface area contributed by atoms with E-state index in [2.05, 4.69) is 24.4 Å². The highest BCUT2D eigenvalue weighted by Crippen LogP contribution is 2.15. The second-order valence-corrected chi connectivity index (χ2v) is 6.36. The van der Waals surface area contributed by atoms with Crippen LogP contribution in [0.4, 0.5) is 13.2 Å². The summed E-state index contributed by atoms with van der Waals surface area (Å²) in [5.41, 5.74) is 1.27. The van der Waals surface area contributed by atoms with E-state index in [-0.39, 0.29) is 6.42 Å². The number of carboxylic acid groups (broad SMARTS) is 2. The summed E-state index contributed by atoms with van der Waals surface area (Å²) in [7, 11) is 0. The van der Waals surface area contributed by atoms with Gasteiger partial charge in [0, 0.05) is 6.54 Å². The maximum Gasteiger partial charge on any atom is 0.490 e. The van der Waals surface area contributed by atoms with Crippen LogP contribution in [0.5, 0.6) is 5.75 Å². The quantitative estimate of drug-likeness (QED) is 0.412. The molecule has 0 fully saturated rings. The molecule has 0 spiro atoms. The molecule has 1 rings (SSSR count). The molecule has 9 heteroatoms. The van der Waals surface area contributed by atoms with E-state index in [1.165, 1.54) is 24.8 Å². The van der Waals surface area contributed by atoms with Gasteiger partial charge in [0.15, 0.2) is 0 Å². The zero-order chi connectivity index (χ0) is 22.1. The van der Waals surface area contributed by atoms with Gasteiger partial charge in [-0.15, -0.1) is 0 Å². The Labute approximate surface area is 169 Å². The minimum absolute atomic E-state index is 0.182. The van der Waals surface area contributed by atoms with Crippen LogP contribution in [-0.4, -0.2) is 48.0 Å². The Hall–Kier alpha value is -2.29. The smallest absolute Gasteiger partial charge is 0.490 e. The Morgan fingerprint density at radius 1 is 1.07 bits per heavy atom. The van der Waals surface area contributed by atoms with Gasteiger partial charge in [-0.05, 0) is 43.5 Å². The highest BCUT2D eigenvalue weighted by Gasteiger charge is 2.38. The van der Waals surface area contributed by atoms with E-state index in [0.29, 0.717) is 6.54 Å². The summed E-state index contributed by atoms with van der Waals surface area (Å²) in [6.45, 7) is 4.38. The van der Waals surface area contributed by atoms with Crippen LogP contribution in [0.15, 0.2) is 24.3 Å². The molecule has 0 aliphatic heterocycles. The van der Waals surface area contributed by atoms with E-state index >= 15 is 0 Å². The molecule has 29 heavy (non-hydrogen) atoms. The SMILES string of the molecule is CCCCCCOc1cccc(CCCNCCC(=O)O)c1.O=C(O)C(F)(F)F. The van der Waals surface area contributed by atoms with Crippen LogP contribution >= 0.6 is 0 Å². The first kappa shape index (κ1) is 26.7. The number of carbonyl (C=O) groups is 2. The van der Waals surface area contributed by atoms with Gasteiger partial charge in [-0.2, -0.15) is 13.2 Å². The van der Waals surface area contributed by atoms with Gasteiger partial charge in [0.1, 0.15) is 5.75 Å². The number of hydrogen-bond donors (Lipinski definition) is 3. The van der Waals surface area contributed by atoms with Gasteiger partial charge in [0.05, 0.1) is 13.0 Å². The molecule has 0 amide bonds. The van der Waals surface area contributed by atoms with Crippen molar-refractivity contribution in [3.63, 3.8) is 0 Å². The normalized spacial score (nSPS) is 10.8. The van der Waals surface area contributed by atoms with E-state index in [1.54, 1.807) is 0 Å². The molecule has 0 heterocycles. The fourth-order valence-electron chi connectivity index (χ4n) is 2.25. The number of rotatable bonds is 13. The van der Waals surface area contributed by atoms with Crippen LogP contribution in [0.3, 0.4) is 0 Å². The first-order chi connectivity index (χ1) is 13.7. The number of carboxylic acids is 2. The molecule has 0 saturated heterocycles. The van der Waals surface area contributed by atoms with Crippen molar-refractivity contribution in [3.05, 3.63) is 29.8 Å². The van der Waals surface area contributed by atoms with Crippen LogP contribution in [0.25, 0.3) is 0 Å². The first-order valence-electron chi connectivity index (χ1n) is 9.61. The zero-order valence-electron chi connectivity index (χ0n) is 16.6. The summed E-state index contributed by atoms with van der Waals surface area (Å²) < 4.78 is 37.5. The van der Waals surface area contributed by atoms with Crippen molar-refractivity contribution in [2.24, 2.45) is 0 Å². The molecule has 0 saturated carbocycles. The van der Waals surface area contributed by atoms with Crippen molar-refractivity contribution < 1.29 is 37.7 Å². The predicted octanol–water partition coefficient (Wildman–Crippen LogP) is 4.28. The standard InChI is InChI=1S/C18H29NO3.C2HF3O2/c1-2-3-4-5-14-22-17-10-6-8-16(15-17)9-7-12-19-13-11-18(20)21;3-2(4,5)1(6)7/h6,8,10,15,19H,2-5,7,9,11-14H2,1H3,(H,20,21);(H,6,7). The second-order valence-electron chi connectivity index (χ2n) is 6.36. The average molecular weight is 421 g/mol. The molecule has 0 bridgehead atoms. The molecular weight excluding hydrogens is 391 g/mol. The lowest BCUT2D eigenvalue weighted by atomic mass is 10.1. The third-order valence-corrected chi connectivity index (χ3v) is 3.74. The molecule has 166 valence electrons. The number of halogens is 3. The molecule has 0 aliphatic carbocycles. The number of aliphatic carboxylic acids is 2. The van der Waals surface area contributed by atoms with E-state index in [1.807, 2.05) is 12.1 Å². The largest absolute Gasteiger partial charge is 0.494 e. The van der Waals surface area contributed by atoms with Gasteiger partial charge in [-0.25, -0.2) is 4.79 Å². The van der Waals surface area contributed by atoms with Crippen molar-refractivity contribution in [2.75, 3.05) is 19.7 Å². The molecule has 3 N–H and O–H groups in total. The predicted molar refractivity (Wildman–Crippen MR) is 103 cm³/mol. The molecule has 0 unspecified atom stereocenters. The van der Waals surface area contributed by atoms with Crippen molar-refractivity contribution in [1.82, 2.24) is 5.32 Å². The van der Waals surface area contributed by atoms with Gasteiger partial charge in [-0.1, -0.05) is 38.3 Å². The third kappa shape index (κ3) is 16.4. The molecule has 0 aromatic heterocycles. The van der Waals surface area contributed by atoms with E-state index in [9.17, 15) is 18.0 Å². The lowest BCUT2D eigenvalue weighted by molar-refractivity contribution is -0.192. The van der Waals surface area contributed by atoms with Crippen molar-refractivity contribution in [1.29, 1.82) is 0 Å². The number of unbranched alkanes of at least 4 members (excludes halogenated alkanes) is 3. The molecular formula is C20H30F3NO5. The van der Waals surface area contributed by atoms with Gasteiger partial charge in [0.25, 0.3) is 0 Å². The number of alkyl halides is 3. The summed E-state index contributed by atoms with van der Waals surface area (Å²) in [6.07, 6.45) is 1.95.